The second-order valence-corrected chi connectivity index (χ2v) is 3.39. The largest absolute Gasteiger partial charge is 0.382 e. The molecule has 2 aromatic rings. The highest BCUT2D eigenvalue weighted by Gasteiger charge is 2.06. The predicted molar refractivity (Wildman–Crippen MR) is 55.5 cm³/mol. The molecule has 0 fully saturated rings. The van der Waals surface area contributed by atoms with Gasteiger partial charge in [-0.05, 0) is 25.1 Å². The molecule has 1 heterocycles. The van der Waals surface area contributed by atoms with E-state index in [9.17, 15) is 0 Å². The highest BCUT2D eigenvalue weighted by Crippen LogP contribution is 2.17. The molecule has 0 aliphatic heterocycles. The summed E-state index contributed by atoms with van der Waals surface area (Å²) in [5.74, 6) is 0.535. The van der Waals surface area contributed by atoms with Gasteiger partial charge in [0, 0.05) is 5.02 Å². The first kappa shape index (κ1) is 9.02. The lowest BCUT2D eigenvalue weighted by atomic mass is 10.3. The smallest absolute Gasteiger partial charge is 0.150 e. The average molecular weight is 209 g/mol. The maximum Gasteiger partial charge on any atom is 0.150 e. The molecule has 14 heavy (non-hydrogen) atoms. The van der Waals surface area contributed by atoms with Gasteiger partial charge in [-0.3, -0.25) is 0 Å². The molecule has 5 heteroatoms. The van der Waals surface area contributed by atoms with Crippen molar-refractivity contribution in [2.45, 2.75) is 6.92 Å². The lowest BCUT2D eigenvalue weighted by Crippen LogP contribution is -2.02. The van der Waals surface area contributed by atoms with Gasteiger partial charge in [0.05, 0.1) is 5.69 Å². The van der Waals surface area contributed by atoms with Crippen LogP contribution in [0.25, 0.3) is 5.69 Å². The summed E-state index contributed by atoms with van der Waals surface area (Å²) in [6.45, 7) is 1.81. The van der Waals surface area contributed by atoms with Crippen LogP contribution in [-0.4, -0.2) is 15.0 Å². The molecule has 0 aliphatic carbocycles. The van der Waals surface area contributed by atoms with Gasteiger partial charge >= 0.3 is 0 Å². The van der Waals surface area contributed by atoms with Crippen molar-refractivity contribution in [3.05, 3.63) is 35.0 Å². The number of nitrogens with two attached hydrogens (primary N) is 1. The van der Waals surface area contributed by atoms with Crippen LogP contribution >= 0.6 is 11.6 Å². The molecule has 0 saturated carbocycles. The fourth-order valence-corrected chi connectivity index (χ4v) is 1.35. The first-order valence-corrected chi connectivity index (χ1v) is 4.50. The first-order chi connectivity index (χ1) is 6.68. The summed E-state index contributed by atoms with van der Waals surface area (Å²) < 4.78 is 1.56. The third kappa shape index (κ3) is 1.44. The Morgan fingerprint density at radius 2 is 2.21 bits per heavy atom. The zero-order chi connectivity index (χ0) is 10.1. The molecule has 4 nitrogen and oxygen atoms in total. The van der Waals surface area contributed by atoms with Crippen molar-refractivity contribution >= 4 is 17.4 Å². The molecule has 2 rings (SSSR count). The van der Waals surface area contributed by atoms with Crippen molar-refractivity contribution in [3.63, 3.8) is 0 Å². The van der Waals surface area contributed by atoms with E-state index in [0.29, 0.717) is 16.5 Å². The molecule has 2 N–H and O–H groups in total. The van der Waals surface area contributed by atoms with Crippen molar-refractivity contribution in [2.24, 2.45) is 0 Å². The zero-order valence-corrected chi connectivity index (χ0v) is 8.36. The maximum atomic E-state index is 5.85. The fourth-order valence-electron chi connectivity index (χ4n) is 1.16. The van der Waals surface area contributed by atoms with Gasteiger partial charge in [-0.15, -0.1) is 5.10 Å². The minimum Gasteiger partial charge on any atom is -0.382 e. The number of aryl methyl sites for hydroxylation is 1. The summed E-state index contributed by atoms with van der Waals surface area (Å²) >= 11 is 5.85. The summed E-state index contributed by atoms with van der Waals surface area (Å²) in [6, 6.07) is 7.29. The highest BCUT2D eigenvalue weighted by atomic mass is 35.5. The Morgan fingerprint density at radius 1 is 1.43 bits per heavy atom. The second-order valence-electron chi connectivity index (χ2n) is 2.95. The van der Waals surface area contributed by atoms with Gasteiger partial charge in [0.25, 0.3) is 0 Å². The van der Waals surface area contributed by atoms with Crippen LogP contribution in [-0.2, 0) is 0 Å². The molecule has 1 aromatic carbocycles. The molecule has 1 aromatic heterocycles. The molecule has 0 bridgehead atoms. The van der Waals surface area contributed by atoms with Gasteiger partial charge in [-0.2, -0.15) is 4.68 Å². The van der Waals surface area contributed by atoms with E-state index in [0.717, 1.165) is 5.69 Å². The number of hydrogen-bond acceptors (Lipinski definition) is 3. The van der Waals surface area contributed by atoms with E-state index in [1.165, 1.54) is 0 Å². The molecule has 0 unspecified atom stereocenters. The predicted octanol–water partition coefficient (Wildman–Crippen LogP) is 1.81. The van der Waals surface area contributed by atoms with E-state index < -0.39 is 0 Å². The standard InChI is InChI=1S/C9H9ClN4/c1-6-9(11)14(13-12-6)8-4-2-3-7(10)5-8/h2-5H,11H2,1H3. The summed E-state index contributed by atoms with van der Waals surface area (Å²) in [6.07, 6.45) is 0. The van der Waals surface area contributed by atoms with Crippen LogP contribution in [0.5, 0.6) is 0 Å². The number of aromatic nitrogens is 3. The topological polar surface area (TPSA) is 56.7 Å². The van der Waals surface area contributed by atoms with Crippen LogP contribution in [0, 0.1) is 6.92 Å². The third-order valence-electron chi connectivity index (χ3n) is 1.94. The van der Waals surface area contributed by atoms with Crippen LogP contribution in [0.3, 0.4) is 0 Å². The minimum atomic E-state index is 0.535. The monoisotopic (exact) mass is 208 g/mol. The van der Waals surface area contributed by atoms with Gasteiger partial charge in [0.2, 0.25) is 0 Å². The van der Waals surface area contributed by atoms with Crippen LogP contribution in [0.2, 0.25) is 5.02 Å². The van der Waals surface area contributed by atoms with E-state index >= 15 is 0 Å². The number of halogens is 1. The fraction of sp³-hybridized carbons (Fsp3) is 0.111. The average Bonchev–Trinajstić information content (AvgIpc) is 2.48. The number of anilines is 1. The summed E-state index contributed by atoms with van der Waals surface area (Å²) in [5.41, 5.74) is 7.31. The van der Waals surface area contributed by atoms with Crippen LogP contribution in [0.15, 0.2) is 24.3 Å². The first-order valence-electron chi connectivity index (χ1n) is 4.12. The summed E-state index contributed by atoms with van der Waals surface area (Å²) in [4.78, 5) is 0. The Kier molecular flexibility index (Phi) is 2.13. The molecule has 0 aliphatic rings. The SMILES string of the molecule is Cc1nnn(-c2cccc(Cl)c2)c1N. The number of hydrogen-bond donors (Lipinski definition) is 1. The Morgan fingerprint density at radius 3 is 2.79 bits per heavy atom. The van der Waals surface area contributed by atoms with Gasteiger partial charge in [0.15, 0.2) is 5.82 Å². The molecule has 0 atom stereocenters. The molecule has 0 saturated heterocycles. The van der Waals surface area contributed by atoms with Gasteiger partial charge < -0.3 is 5.73 Å². The van der Waals surface area contributed by atoms with E-state index in [1.807, 2.05) is 19.1 Å². The van der Waals surface area contributed by atoms with E-state index in [2.05, 4.69) is 10.3 Å². The lowest BCUT2D eigenvalue weighted by molar-refractivity contribution is 0.806. The molecule has 0 radical (unpaired) electrons. The van der Waals surface area contributed by atoms with Gasteiger partial charge in [0.1, 0.15) is 5.69 Å². The zero-order valence-electron chi connectivity index (χ0n) is 7.61. The molecule has 0 amide bonds. The van der Waals surface area contributed by atoms with E-state index in [-0.39, 0.29) is 0 Å². The normalized spacial score (nSPS) is 10.4. The van der Waals surface area contributed by atoms with Crippen molar-refractivity contribution in [2.75, 3.05) is 5.73 Å². The Balaban J connectivity index is 2.55. The molecule has 0 spiro atoms. The summed E-state index contributed by atoms with van der Waals surface area (Å²) in [5, 5.41) is 8.42. The van der Waals surface area contributed by atoms with E-state index in [4.69, 9.17) is 17.3 Å². The maximum absolute atomic E-state index is 5.85. The Hall–Kier alpha value is -1.55. The second kappa shape index (κ2) is 3.31. The van der Waals surface area contributed by atoms with Crippen molar-refractivity contribution < 1.29 is 0 Å². The number of nitrogens with zero attached hydrogens (tertiary/aromatic N) is 3. The molecular formula is C9H9ClN4. The summed E-state index contributed by atoms with van der Waals surface area (Å²) in [7, 11) is 0. The lowest BCUT2D eigenvalue weighted by Gasteiger charge is -2.02. The van der Waals surface area contributed by atoms with Crippen LogP contribution < -0.4 is 5.73 Å². The highest BCUT2D eigenvalue weighted by molar-refractivity contribution is 6.30. The van der Waals surface area contributed by atoms with Crippen molar-refractivity contribution in [1.82, 2.24) is 15.0 Å². The van der Waals surface area contributed by atoms with Crippen LogP contribution in [0.4, 0.5) is 5.82 Å². The Labute approximate surface area is 86.3 Å². The third-order valence-corrected chi connectivity index (χ3v) is 2.17. The van der Waals surface area contributed by atoms with Gasteiger partial charge in [-0.1, -0.05) is 22.9 Å². The van der Waals surface area contributed by atoms with Crippen LogP contribution in [0.1, 0.15) is 5.69 Å². The molecule has 72 valence electrons. The molecular weight excluding hydrogens is 200 g/mol. The number of nitrogen functional groups attached to an aromatic ring is 1. The van der Waals surface area contributed by atoms with Crippen molar-refractivity contribution in [1.29, 1.82) is 0 Å². The van der Waals surface area contributed by atoms with Gasteiger partial charge in [-0.25, -0.2) is 0 Å². The minimum absolute atomic E-state index is 0.535. The number of rotatable bonds is 1. The van der Waals surface area contributed by atoms with E-state index in [1.54, 1.807) is 16.8 Å². The quantitative estimate of drug-likeness (QED) is 0.778. The van der Waals surface area contributed by atoms with Crippen molar-refractivity contribution in [3.8, 4) is 5.69 Å². The number of benzene rings is 1. The Bertz CT molecular complexity index is 464.